The number of methoxy groups -OCH3 is 1. The minimum Gasteiger partial charge on any atom is -0.493 e. The van der Waals surface area contributed by atoms with Crippen LogP contribution in [0.5, 0.6) is 11.5 Å². The minimum absolute atomic E-state index is 0.0348. The normalized spacial score (nSPS) is 12.6. The Morgan fingerprint density at radius 1 is 1.10 bits per heavy atom. The third-order valence-corrected chi connectivity index (χ3v) is 5.32. The highest BCUT2D eigenvalue weighted by Crippen LogP contribution is 2.26. The molecule has 2 aromatic carbocycles. The van der Waals surface area contributed by atoms with Crippen LogP contribution in [0.15, 0.2) is 53.0 Å². The molecular weight excluding hydrogens is 448 g/mol. The molecule has 0 aliphatic rings. The van der Waals surface area contributed by atoms with Crippen LogP contribution in [-0.2, 0) is 16.1 Å². The van der Waals surface area contributed by atoms with Gasteiger partial charge in [-0.05, 0) is 50.1 Å². The van der Waals surface area contributed by atoms with Crippen LogP contribution in [0.1, 0.15) is 32.8 Å². The van der Waals surface area contributed by atoms with Crippen LogP contribution in [0.25, 0.3) is 0 Å². The minimum atomic E-state index is -0.647. The van der Waals surface area contributed by atoms with Crippen molar-refractivity contribution in [3.05, 3.63) is 58.6 Å². The fourth-order valence-electron chi connectivity index (χ4n) is 2.84. The van der Waals surface area contributed by atoms with E-state index in [1.54, 1.807) is 26.2 Å². The Labute approximate surface area is 186 Å². The second-order valence-electron chi connectivity index (χ2n) is 7.08. The summed E-state index contributed by atoms with van der Waals surface area (Å²) in [5, 5.41) is 2.95. The van der Waals surface area contributed by atoms with Crippen LogP contribution in [0, 0.1) is 0 Å². The van der Waals surface area contributed by atoms with E-state index in [9.17, 15) is 9.59 Å². The number of hydrogen-bond donors (Lipinski definition) is 1. The van der Waals surface area contributed by atoms with Crippen molar-refractivity contribution < 1.29 is 19.1 Å². The summed E-state index contributed by atoms with van der Waals surface area (Å²) in [6.45, 7) is 5.77. The molecule has 6 nitrogen and oxygen atoms in total. The summed E-state index contributed by atoms with van der Waals surface area (Å²) in [5.74, 6) is 0.552. The lowest BCUT2D eigenvalue weighted by atomic mass is 10.1. The van der Waals surface area contributed by atoms with Crippen LogP contribution in [-0.4, -0.2) is 42.5 Å². The second-order valence-corrected chi connectivity index (χ2v) is 8.00. The van der Waals surface area contributed by atoms with Crippen molar-refractivity contribution in [3.8, 4) is 11.5 Å². The largest absolute Gasteiger partial charge is 0.493 e. The fraction of sp³-hybridized carbons (Fsp3) is 0.391. The summed E-state index contributed by atoms with van der Waals surface area (Å²) in [6.07, 6.45) is 0.814. The third kappa shape index (κ3) is 6.76. The van der Waals surface area contributed by atoms with Gasteiger partial charge in [-0.15, -0.1) is 0 Å². The summed E-state index contributed by atoms with van der Waals surface area (Å²) in [6, 6.07) is 14.2. The molecule has 30 heavy (non-hydrogen) atoms. The van der Waals surface area contributed by atoms with Crippen LogP contribution in [0.3, 0.4) is 0 Å². The highest BCUT2D eigenvalue weighted by atomic mass is 79.9. The van der Waals surface area contributed by atoms with Crippen molar-refractivity contribution in [2.75, 3.05) is 13.7 Å². The number of para-hydroxylation sites is 2. The Morgan fingerprint density at radius 2 is 1.80 bits per heavy atom. The Balaban J connectivity index is 2.18. The maximum absolute atomic E-state index is 13.1. The maximum atomic E-state index is 13.1. The summed E-state index contributed by atoms with van der Waals surface area (Å²) < 4.78 is 11.9. The molecule has 0 radical (unpaired) electrons. The Morgan fingerprint density at radius 3 is 2.43 bits per heavy atom. The fourth-order valence-corrected chi connectivity index (χ4v) is 3.29. The quantitative estimate of drug-likeness (QED) is 0.558. The number of benzene rings is 2. The van der Waals surface area contributed by atoms with E-state index in [0.717, 1.165) is 16.5 Å². The van der Waals surface area contributed by atoms with E-state index < -0.39 is 6.04 Å². The summed E-state index contributed by atoms with van der Waals surface area (Å²) in [5.41, 5.74) is 0.915. The first-order valence-electron chi connectivity index (χ1n) is 9.95. The first-order valence-corrected chi connectivity index (χ1v) is 10.7. The van der Waals surface area contributed by atoms with Crippen LogP contribution in [0.2, 0.25) is 0 Å². The van der Waals surface area contributed by atoms with Gasteiger partial charge in [-0.2, -0.15) is 0 Å². The molecule has 2 atom stereocenters. The molecule has 0 heterocycles. The molecule has 0 saturated carbocycles. The van der Waals surface area contributed by atoms with Crippen molar-refractivity contribution in [1.82, 2.24) is 10.2 Å². The number of carbonyl (C=O) groups is 2. The van der Waals surface area contributed by atoms with E-state index in [4.69, 9.17) is 9.47 Å². The Kier molecular flexibility index (Phi) is 9.17. The number of halogens is 1. The Bertz CT molecular complexity index is 859. The molecule has 0 saturated heterocycles. The molecule has 0 spiro atoms. The average Bonchev–Trinajstić information content (AvgIpc) is 2.75. The number of amides is 2. The first-order chi connectivity index (χ1) is 14.3. The molecule has 0 aromatic heterocycles. The summed E-state index contributed by atoms with van der Waals surface area (Å²) in [7, 11) is 1.55. The number of carbonyl (C=O) groups excluding carboxylic acids is 2. The van der Waals surface area contributed by atoms with Crippen molar-refractivity contribution in [3.63, 3.8) is 0 Å². The lowest BCUT2D eigenvalue weighted by Gasteiger charge is -2.29. The van der Waals surface area contributed by atoms with Gasteiger partial charge in [0.25, 0.3) is 5.91 Å². The molecule has 0 aliphatic carbocycles. The molecule has 0 aliphatic heterocycles. The van der Waals surface area contributed by atoms with Crippen LogP contribution in [0.4, 0.5) is 0 Å². The zero-order valence-corrected chi connectivity index (χ0v) is 19.4. The van der Waals surface area contributed by atoms with Gasteiger partial charge < -0.3 is 19.7 Å². The Hall–Kier alpha value is -2.54. The number of nitrogens with one attached hydrogen (secondary N) is 1. The van der Waals surface area contributed by atoms with Crippen LogP contribution < -0.4 is 14.8 Å². The number of hydrogen-bond acceptors (Lipinski definition) is 4. The standard InChI is InChI=1S/C23H29BrN2O4/c1-5-16(2)25-23(28)17(3)26(14-18-9-8-10-19(24)13-18)22(27)15-30-21-12-7-6-11-20(21)29-4/h6-13,16-17H,5,14-15H2,1-4H3,(H,25,28)/t16-,17-/m0/s1. The van der Waals surface area contributed by atoms with E-state index in [0.29, 0.717) is 18.0 Å². The summed E-state index contributed by atoms with van der Waals surface area (Å²) >= 11 is 3.45. The van der Waals surface area contributed by atoms with Gasteiger partial charge in [-0.25, -0.2) is 0 Å². The van der Waals surface area contributed by atoms with E-state index in [1.807, 2.05) is 50.2 Å². The molecule has 0 bridgehead atoms. The molecule has 7 heteroatoms. The predicted octanol–water partition coefficient (Wildman–Crippen LogP) is 4.17. The smallest absolute Gasteiger partial charge is 0.261 e. The zero-order valence-electron chi connectivity index (χ0n) is 17.9. The van der Waals surface area contributed by atoms with Gasteiger partial charge in [0.2, 0.25) is 5.91 Å². The van der Waals surface area contributed by atoms with Gasteiger partial charge in [-0.3, -0.25) is 9.59 Å². The van der Waals surface area contributed by atoms with Crippen LogP contribution >= 0.6 is 15.9 Å². The van der Waals surface area contributed by atoms with E-state index in [2.05, 4.69) is 21.2 Å². The van der Waals surface area contributed by atoms with Gasteiger partial charge in [0.1, 0.15) is 6.04 Å². The molecule has 2 amide bonds. The molecule has 2 aromatic rings. The van der Waals surface area contributed by atoms with Gasteiger partial charge in [-0.1, -0.05) is 47.1 Å². The monoisotopic (exact) mass is 476 g/mol. The lowest BCUT2D eigenvalue weighted by Crippen LogP contribution is -2.50. The molecule has 0 fully saturated rings. The van der Waals surface area contributed by atoms with E-state index >= 15 is 0 Å². The maximum Gasteiger partial charge on any atom is 0.261 e. The average molecular weight is 477 g/mol. The molecule has 1 N–H and O–H groups in total. The predicted molar refractivity (Wildman–Crippen MR) is 121 cm³/mol. The summed E-state index contributed by atoms with van der Waals surface area (Å²) in [4.78, 5) is 27.3. The van der Waals surface area contributed by atoms with Gasteiger partial charge in [0.15, 0.2) is 18.1 Å². The molecule has 0 unspecified atom stereocenters. The third-order valence-electron chi connectivity index (χ3n) is 4.83. The SMILES string of the molecule is CC[C@H](C)NC(=O)[C@H](C)N(Cc1cccc(Br)c1)C(=O)COc1ccccc1OC. The van der Waals surface area contributed by atoms with Gasteiger partial charge in [0, 0.05) is 17.1 Å². The van der Waals surface area contributed by atoms with Crippen molar-refractivity contribution in [1.29, 1.82) is 0 Å². The molecule has 2 rings (SSSR count). The number of nitrogens with zero attached hydrogens (tertiary/aromatic N) is 1. The topological polar surface area (TPSA) is 67.9 Å². The van der Waals surface area contributed by atoms with Crippen molar-refractivity contribution >= 4 is 27.7 Å². The van der Waals surface area contributed by atoms with E-state index in [1.165, 1.54) is 4.90 Å². The first kappa shape index (κ1) is 23.7. The van der Waals surface area contributed by atoms with Gasteiger partial charge in [0.05, 0.1) is 7.11 Å². The molecular formula is C23H29BrN2O4. The molecule has 162 valence electrons. The zero-order chi connectivity index (χ0) is 22.1. The van der Waals surface area contributed by atoms with Crippen molar-refractivity contribution in [2.24, 2.45) is 0 Å². The number of rotatable bonds is 10. The number of ether oxygens (including phenoxy) is 2. The lowest BCUT2D eigenvalue weighted by molar-refractivity contribution is -0.142. The second kappa shape index (κ2) is 11.6. The van der Waals surface area contributed by atoms with Crippen molar-refractivity contribution in [2.45, 2.75) is 45.8 Å². The highest BCUT2D eigenvalue weighted by Gasteiger charge is 2.27. The van der Waals surface area contributed by atoms with E-state index in [-0.39, 0.29) is 24.5 Å². The highest BCUT2D eigenvalue weighted by molar-refractivity contribution is 9.10. The van der Waals surface area contributed by atoms with Gasteiger partial charge >= 0.3 is 0 Å².